The van der Waals surface area contributed by atoms with E-state index >= 15 is 0 Å². The number of para-hydroxylation sites is 1. The van der Waals surface area contributed by atoms with Crippen molar-refractivity contribution in [1.29, 1.82) is 0 Å². The third-order valence-corrected chi connectivity index (χ3v) is 7.07. The second kappa shape index (κ2) is 10.8. The lowest BCUT2D eigenvalue weighted by Gasteiger charge is -2.19. The van der Waals surface area contributed by atoms with Crippen LogP contribution in [0.4, 0.5) is 10.1 Å². The minimum atomic E-state index is -0.551. The molecule has 8 heteroatoms. The Hall–Kier alpha value is -3.49. The normalized spacial score (nSPS) is 16.2. The van der Waals surface area contributed by atoms with Crippen LogP contribution < -0.4 is 5.32 Å². The summed E-state index contributed by atoms with van der Waals surface area (Å²) in [6.07, 6.45) is 1.99. The summed E-state index contributed by atoms with van der Waals surface area (Å²) >= 11 is 1.35. The fraction of sp³-hybridized carbons (Fsp3) is 0.222. The first-order valence-electron chi connectivity index (χ1n) is 11.6. The van der Waals surface area contributed by atoms with E-state index in [1.807, 2.05) is 65.2 Å². The summed E-state index contributed by atoms with van der Waals surface area (Å²) < 4.78 is 21.4. The maximum atomic E-state index is 13.6. The molecule has 6 nitrogen and oxygen atoms in total. The van der Waals surface area contributed by atoms with E-state index < -0.39 is 5.25 Å². The third kappa shape index (κ3) is 5.61. The monoisotopic (exact) mass is 488 g/mol. The van der Waals surface area contributed by atoms with Gasteiger partial charge in [-0.05, 0) is 54.8 Å². The van der Waals surface area contributed by atoms with E-state index in [0.717, 1.165) is 36.3 Å². The molecule has 5 rings (SSSR count). The minimum absolute atomic E-state index is 0.0397. The maximum Gasteiger partial charge on any atom is 0.242 e. The molecule has 1 amide bonds. The number of carbonyl (C=O) groups excluding carboxylic acids is 1. The van der Waals surface area contributed by atoms with Crippen molar-refractivity contribution in [2.75, 3.05) is 11.9 Å². The number of nitrogens with zero attached hydrogens (tertiary/aromatic N) is 3. The standard InChI is InChI=1S/C27H25FN4O2S/c28-21-15-13-20(14-16-21)25-30-31-27(32(25)18-23-12-7-17-34-23)35-24(19-8-3-1-4-9-19)26(33)29-22-10-5-2-6-11-22/h1-6,8-11,13-16,23-24H,7,12,17-18H2,(H,29,33). The Morgan fingerprint density at radius 2 is 1.74 bits per heavy atom. The molecule has 0 spiro atoms. The molecule has 1 saturated heterocycles. The minimum Gasteiger partial charge on any atom is -0.376 e. The number of carbonyl (C=O) groups is 1. The summed E-state index contributed by atoms with van der Waals surface area (Å²) in [7, 11) is 0. The van der Waals surface area contributed by atoms with Crippen molar-refractivity contribution in [3.05, 3.63) is 96.3 Å². The van der Waals surface area contributed by atoms with Crippen molar-refractivity contribution >= 4 is 23.4 Å². The lowest BCUT2D eigenvalue weighted by molar-refractivity contribution is -0.115. The van der Waals surface area contributed by atoms with Gasteiger partial charge in [0.15, 0.2) is 11.0 Å². The number of thioether (sulfide) groups is 1. The molecule has 2 atom stereocenters. The van der Waals surface area contributed by atoms with Gasteiger partial charge in [-0.3, -0.25) is 9.36 Å². The molecule has 1 aromatic heterocycles. The second-order valence-corrected chi connectivity index (χ2v) is 9.39. The molecule has 0 bridgehead atoms. The van der Waals surface area contributed by atoms with Gasteiger partial charge in [-0.2, -0.15) is 0 Å². The predicted octanol–water partition coefficient (Wildman–Crippen LogP) is 5.74. The predicted molar refractivity (Wildman–Crippen MR) is 135 cm³/mol. The van der Waals surface area contributed by atoms with E-state index in [0.29, 0.717) is 17.5 Å². The van der Waals surface area contributed by atoms with Crippen LogP contribution in [-0.4, -0.2) is 33.4 Å². The van der Waals surface area contributed by atoms with Crippen LogP contribution in [0, 0.1) is 5.82 Å². The van der Waals surface area contributed by atoms with Gasteiger partial charge in [0.1, 0.15) is 11.1 Å². The third-order valence-electron chi connectivity index (χ3n) is 5.83. The Bertz CT molecular complexity index is 1260. The van der Waals surface area contributed by atoms with Crippen LogP contribution in [0.3, 0.4) is 0 Å². The highest BCUT2D eigenvalue weighted by molar-refractivity contribution is 8.00. The molecule has 1 aliphatic heterocycles. The van der Waals surface area contributed by atoms with Crippen molar-refractivity contribution < 1.29 is 13.9 Å². The van der Waals surface area contributed by atoms with Crippen LogP contribution in [0.2, 0.25) is 0 Å². The Kier molecular flexibility index (Phi) is 7.20. The van der Waals surface area contributed by atoms with Gasteiger partial charge in [0.05, 0.1) is 12.6 Å². The topological polar surface area (TPSA) is 69.0 Å². The average Bonchev–Trinajstić information content (AvgIpc) is 3.55. The fourth-order valence-corrected chi connectivity index (χ4v) is 5.13. The van der Waals surface area contributed by atoms with E-state index in [1.165, 1.54) is 23.9 Å². The molecule has 1 fully saturated rings. The van der Waals surface area contributed by atoms with Crippen LogP contribution in [0.25, 0.3) is 11.4 Å². The molecule has 1 N–H and O–H groups in total. The Labute approximate surface area is 207 Å². The number of hydrogen-bond donors (Lipinski definition) is 1. The Morgan fingerprint density at radius 1 is 1.03 bits per heavy atom. The number of ether oxygens (including phenoxy) is 1. The van der Waals surface area contributed by atoms with Gasteiger partial charge < -0.3 is 10.1 Å². The van der Waals surface area contributed by atoms with E-state index in [4.69, 9.17) is 4.74 Å². The molecule has 2 heterocycles. The van der Waals surface area contributed by atoms with Crippen molar-refractivity contribution in [3.63, 3.8) is 0 Å². The SMILES string of the molecule is O=C(Nc1ccccc1)C(Sc1nnc(-c2ccc(F)cc2)n1CC1CCCO1)c1ccccc1. The van der Waals surface area contributed by atoms with Gasteiger partial charge in [-0.15, -0.1) is 10.2 Å². The van der Waals surface area contributed by atoms with Crippen LogP contribution in [-0.2, 0) is 16.1 Å². The van der Waals surface area contributed by atoms with E-state index in [-0.39, 0.29) is 17.8 Å². The van der Waals surface area contributed by atoms with Crippen LogP contribution in [0.1, 0.15) is 23.7 Å². The zero-order valence-corrected chi connectivity index (χ0v) is 19.8. The molecule has 0 radical (unpaired) electrons. The van der Waals surface area contributed by atoms with Gasteiger partial charge in [0.25, 0.3) is 0 Å². The fourth-order valence-electron chi connectivity index (χ4n) is 4.08. The first-order chi connectivity index (χ1) is 17.2. The van der Waals surface area contributed by atoms with Crippen LogP contribution in [0.5, 0.6) is 0 Å². The summed E-state index contributed by atoms with van der Waals surface area (Å²) in [6.45, 7) is 1.29. The average molecular weight is 489 g/mol. The lowest BCUT2D eigenvalue weighted by atomic mass is 10.1. The van der Waals surface area contributed by atoms with E-state index in [9.17, 15) is 9.18 Å². The van der Waals surface area contributed by atoms with Crippen LogP contribution in [0.15, 0.2) is 90.1 Å². The summed E-state index contributed by atoms with van der Waals surface area (Å²) in [5.41, 5.74) is 2.35. The highest BCUT2D eigenvalue weighted by atomic mass is 32.2. The molecular formula is C27H25FN4O2S. The second-order valence-electron chi connectivity index (χ2n) is 8.32. The highest BCUT2D eigenvalue weighted by Crippen LogP contribution is 2.37. The number of hydrogen-bond acceptors (Lipinski definition) is 5. The number of anilines is 1. The number of halogens is 1. The van der Waals surface area contributed by atoms with Gasteiger partial charge >= 0.3 is 0 Å². The maximum absolute atomic E-state index is 13.6. The van der Waals surface area contributed by atoms with Gasteiger partial charge in [0, 0.05) is 17.9 Å². The molecule has 35 heavy (non-hydrogen) atoms. The quantitative estimate of drug-likeness (QED) is 0.321. The molecule has 1 aliphatic rings. The highest BCUT2D eigenvalue weighted by Gasteiger charge is 2.28. The van der Waals surface area contributed by atoms with Crippen molar-refractivity contribution in [2.45, 2.75) is 35.9 Å². The van der Waals surface area contributed by atoms with Crippen molar-refractivity contribution in [2.24, 2.45) is 0 Å². The van der Waals surface area contributed by atoms with Gasteiger partial charge in [-0.25, -0.2) is 4.39 Å². The molecule has 4 aromatic rings. The number of amides is 1. The number of nitrogens with one attached hydrogen (secondary N) is 1. The van der Waals surface area contributed by atoms with Gasteiger partial charge in [-0.1, -0.05) is 60.3 Å². The first-order valence-corrected chi connectivity index (χ1v) is 12.4. The van der Waals surface area contributed by atoms with E-state index in [2.05, 4.69) is 15.5 Å². The Morgan fingerprint density at radius 3 is 2.43 bits per heavy atom. The van der Waals surface area contributed by atoms with E-state index in [1.54, 1.807) is 12.1 Å². The molecule has 2 unspecified atom stereocenters. The summed E-state index contributed by atoms with van der Waals surface area (Å²) in [5, 5.41) is 12.0. The lowest BCUT2D eigenvalue weighted by Crippen LogP contribution is -2.21. The van der Waals surface area contributed by atoms with Gasteiger partial charge in [0.2, 0.25) is 5.91 Å². The number of benzene rings is 3. The molecule has 0 saturated carbocycles. The number of rotatable bonds is 8. The van der Waals surface area contributed by atoms with Crippen LogP contribution >= 0.6 is 11.8 Å². The molecule has 3 aromatic carbocycles. The summed E-state index contributed by atoms with van der Waals surface area (Å²) in [4.78, 5) is 13.4. The zero-order valence-electron chi connectivity index (χ0n) is 19.0. The zero-order chi connectivity index (χ0) is 24.0. The largest absolute Gasteiger partial charge is 0.376 e. The first kappa shape index (κ1) is 23.3. The number of aromatic nitrogens is 3. The molecule has 178 valence electrons. The smallest absolute Gasteiger partial charge is 0.242 e. The molecular weight excluding hydrogens is 463 g/mol. The summed E-state index contributed by atoms with van der Waals surface area (Å²) in [6, 6.07) is 25.2. The Balaban J connectivity index is 1.49. The van der Waals surface area contributed by atoms with Crippen molar-refractivity contribution in [1.82, 2.24) is 14.8 Å². The summed E-state index contributed by atoms with van der Waals surface area (Å²) in [5.74, 6) is 0.163. The van der Waals surface area contributed by atoms with Crippen molar-refractivity contribution in [3.8, 4) is 11.4 Å². The molecule has 0 aliphatic carbocycles.